The monoisotopic (exact) mass is 523 g/mol. The molecule has 9 heteroatoms. The molecule has 2 aromatic heterocycles. The molecule has 4 aromatic rings. The lowest BCUT2D eigenvalue weighted by molar-refractivity contribution is 0.0970. The van der Waals surface area contributed by atoms with Crippen molar-refractivity contribution in [3.05, 3.63) is 79.6 Å². The minimum atomic E-state index is -0.711. The van der Waals surface area contributed by atoms with Crippen LogP contribution in [0.4, 0.5) is 5.13 Å². The second-order valence-corrected chi connectivity index (χ2v) is 10.7. The molecule has 186 valence electrons. The van der Waals surface area contributed by atoms with Crippen LogP contribution in [0.2, 0.25) is 5.02 Å². The third-order valence-electron chi connectivity index (χ3n) is 6.04. The quantitative estimate of drug-likeness (QED) is 0.247. The van der Waals surface area contributed by atoms with Crippen molar-refractivity contribution in [2.45, 2.75) is 46.1 Å². The van der Waals surface area contributed by atoms with E-state index >= 15 is 0 Å². The summed E-state index contributed by atoms with van der Waals surface area (Å²) in [7, 11) is 0. The smallest absolute Gasteiger partial charge is 0.297 e. The largest absolute Gasteiger partial charge is 0.494 e. The van der Waals surface area contributed by atoms with Gasteiger partial charge < -0.3 is 9.15 Å². The fourth-order valence-electron chi connectivity index (χ4n) is 4.31. The first-order chi connectivity index (χ1) is 17.4. The molecule has 0 aliphatic carbocycles. The number of hydrogen-bond acceptors (Lipinski definition) is 7. The summed E-state index contributed by atoms with van der Waals surface area (Å²) in [4.78, 5) is 28.9. The van der Waals surface area contributed by atoms with Crippen LogP contribution >= 0.6 is 22.9 Å². The Morgan fingerprint density at radius 3 is 2.64 bits per heavy atom. The van der Waals surface area contributed by atoms with Crippen molar-refractivity contribution in [1.82, 2.24) is 10.2 Å². The highest BCUT2D eigenvalue weighted by molar-refractivity contribution is 7.15. The molecule has 0 fully saturated rings. The van der Waals surface area contributed by atoms with Gasteiger partial charge in [-0.25, -0.2) is 0 Å². The zero-order chi connectivity index (χ0) is 25.4. The van der Waals surface area contributed by atoms with Gasteiger partial charge in [-0.2, -0.15) is 0 Å². The summed E-state index contributed by atoms with van der Waals surface area (Å²) in [5, 5.41) is 10.6. The fraction of sp³-hybridized carbons (Fsp3) is 0.333. The van der Waals surface area contributed by atoms with E-state index in [2.05, 4.69) is 31.0 Å². The lowest BCUT2D eigenvalue weighted by Crippen LogP contribution is -2.29. The summed E-state index contributed by atoms with van der Waals surface area (Å²) >= 11 is 7.53. The minimum Gasteiger partial charge on any atom is -0.494 e. The van der Waals surface area contributed by atoms with Crippen molar-refractivity contribution in [2.75, 3.05) is 11.5 Å². The van der Waals surface area contributed by atoms with Crippen LogP contribution in [-0.2, 0) is 6.42 Å². The number of benzene rings is 2. The molecule has 36 heavy (non-hydrogen) atoms. The maximum Gasteiger partial charge on any atom is 0.297 e. The highest BCUT2D eigenvalue weighted by atomic mass is 35.5. The topological polar surface area (TPSA) is 85.5 Å². The van der Waals surface area contributed by atoms with E-state index < -0.39 is 11.9 Å². The summed E-state index contributed by atoms with van der Waals surface area (Å²) in [5.74, 6) is 0.727. The molecule has 7 nitrogen and oxygen atoms in total. The Labute approximate surface area is 217 Å². The van der Waals surface area contributed by atoms with Crippen molar-refractivity contribution >= 4 is 44.9 Å². The van der Waals surface area contributed by atoms with E-state index in [1.54, 1.807) is 18.2 Å². The number of carbonyl (C=O) groups excluding carboxylic acids is 1. The van der Waals surface area contributed by atoms with E-state index in [9.17, 15) is 9.59 Å². The molecule has 1 unspecified atom stereocenters. The number of ether oxygens (including phenoxy) is 1. The molecule has 5 rings (SSSR count). The lowest BCUT2D eigenvalue weighted by atomic mass is 9.98. The van der Waals surface area contributed by atoms with E-state index in [1.807, 2.05) is 24.3 Å². The Hall–Kier alpha value is -3.23. The molecule has 0 bridgehead atoms. The van der Waals surface area contributed by atoms with E-state index in [4.69, 9.17) is 20.8 Å². The zero-order valence-corrected chi connectivity index (χ0v) is 21.9. The van der Waals surface area contributed by atoms with Crippen molar-refractivity contribution in [2.24, 2.45) is 5.92 Å². The zero-order valence-electron chi connectivity index (χ0n) is 20.3. The standard InChI is InChI=1S/C27H26ClN3O4S/c1-4-5-12-34-18-9-6-16(7-10-18)23-22-24(32)19-14-17(28)8-11-20(19)35-25(22)26(33)31(23)27-30-29-21(36-27)13-15(2)3/h6-11,14-15,23H,4-5,12-13H2,1-3H3. The minimum absolute atomic E-state index is 0.0173. The first-order valence-electron chi connectivity index (χ1n) is 12.0. The number of hydrogen-bond donors (Lipinski definition) is 0. The summed E-state index contributed by atoms with van der Waals surface area (Å²) < 4.78 is 11.8. The van der Waals surface area contributed by atoms with Gasteiger partial charge in [-0.05, 0) is 48.2 Å². The molecule has 0 N–H and O–H groups in total. The van der Waals surface area contributed by atoms with Crippen molar-refractivity contribution in [1.29, 1.82) is 0 Å². The summed E-state index contributed by atoms with van der Waals surface area (Å²) in [6, 6.07) is 11.6. The first-order valence-corrected chi connectivity index (χ1v) is 13.2. The van der Waals surface area contributed by atoms with Gasteiger partial charge in [0.15, 0.2) is 5.43 Å². The normalized spacial score (nSPS) is 15.2. The van der Waals surface area contributed by atoms with Gasteiger partial charge >= 0.3 is 0 Å². The number of nitrogens with zero attached hydrogens (tertiary/aromatic N) is 3. The Morgan fingerprint density at radius 2 is 1.92 bits per heavy atom. The van der Waals surface area contributed by atoms with Crippen LogP contribution < -0.4 is 15.1 Å². The number of aromatic nitrogens is 2. The molecule has 1 atom stereocenters. The summed E-state index contributed by atoms with van der Waals surface area (Å²) in [5.41, 5.74) is 1.05. The SMILES string of the molecule is CCCCOc1ccc(C2c3c(oc4ccc(Cl)cc4c3=O)C(=O)N2c2nnc(CC(C)C)s2)cc1. The Morgan fingerprint density at radius 1 is 1.14 bits per heavy atom. The highest BCUT2D eigenvalue weighted by Crippen LogP contribution is 2.42. The molecule has 1 aliphatic rings. The maximum absolute atomic E-state index is 13.7. The van der Waals surface area contributed by atoms with Crippen LogP contribution in [0, 0.1) is 5.92 Å². The number of fused-ring (bicyclic) bond motifs is 2. The number of rotatable bonds is 8. The maximum atomic E-state index is 13.7. The predicted molar refractivity (Wildman–Crippen MR) is 141 cm³/mol. The predicted octanol–water partition coefficient (Wildman–Crippen LogP) is 6.43. The second-order valence-electron chi connectivity index (χ2n) is 9.24. The van der Waals surface area contributed by atoms with Crippen LogP contribution in [0.25, 0.3) is 11.0 Å². The lowest BCUT2D eigenvalue weighted by Gasteiger charge is -2.22. The Balaban J connectivity index is 1.64. The second kappa shape index (κ2) is 10.0. The molecule has 0 saturated carbocycles. The third-order valence-corrected chi connectivity index (χ3v) is 7.22. The number of unbranched alkanes of at least 4 members (excludes halogenated alkanes) is 1. The molecule has 0 spiro atoms. The van der Waals surface area contributed by atoms with Crippen LogP contribution in [0.5, 0.6) is 5.75 Å². The number of carbonyl (C=O) groups is 1. The Kier molecular flexibility index (Phi) is 6.81. The van der Waals surface area contributed by atoms with Crippen molar-refractivity contribution in [3.8, 4) is 5.75 Å². The molecule has 0 saturated heterocycles. The van der Waals surface area contributed by atoms with Crippen LogP contribution in [0.15, 0.2) is 51.7 Å². The van der Waals surface area contributed by atoms with E-state index in [0.29, 0.717) is 33.6 Å². The molecular weight excluding hydrogens is 498 g/mol. The van der Waals surface area contributed by atoms with Gasteiger partial charge in [0.05, 0.1) is 23.6 Å². The van der Waals surface area contributed by atoms with Crippen LogP contribution in [0.3, 0.4) is 0 Å². The van der Waals surface area contributed by atoms with E-state index in [1.165, 1.54) is 16.2 Å². The number of anilines is 1. The molecule has 1 amide bonds. The van der Waals surface area contributed by atoms with Crippen molar-refractivity contribution < 1.29 is 13.9 Å². The molecule has 3 heterocycles. The highest BCUT2D eigenvalue weighted by Gasteiger charge is 2.45. The Bertz CT molecular complexity index is 1480. The molecule has 0 radical (unpaired) electrons. The molecular formula is C27H26ClN3O4S. The number of amides is 1. The fourth-order valence-corrected chi connectivity index (χ4v) is 5.56. The van der Waals surface area contributed by atoms with Gasteiger partial charge in [0.25, 0.3) is 5.91 Å². The van der Waals surface area contributed by atoms with Gasteiger partial charge in [0.1, 0.15) is 16.3 Å². The summed E-state index contributed by atoms with van der Waals surface area (Å²) in [6.45, 7) is 6.94. The molecule has 1 aliphatic heterocycles. The van der Waals surface area contributed by atoms with Crippen LogP contribution in [0.1, 0.15) is 66.3 Å². The molecule has 2 aromatic carbocycles. The van der Waals surface area contributed by atoms with Gasteiger partial charge in [-0.1, -0.05) is 62.3 Å². The van der Waals surface area contributed by atoms with E-state index in [0.717, 1.165) is 35.6 Å². The average molecular weight is 524 g/mol. The first kappa shape index (κ1) is 24.5. The third kappa shape index (κ3) is 4.51. The van der Waals surface area contributed by atoms with Gasteiger partial charge in [-0.15, -0.1) is 10.2 Å². The summed E-state index contributed by atoms with van der Waals surface area (Å²) in [6.07, 6.45) is 2.76. The van der Waals surface area contributed by atoms with Crippen molar-refractivity contribution in [3.63, 3.8) is 0 Å². The van der Waals surface area contributed by atoms with Gasteiger partial charge in [0, 0.05) is 11.4 Å². The van der Waals surface area contributed by atoms with E-state index in [-0.39, 0.29) is 16.8 Å². The average Bonchev–Trinajstić information content (AvgIpc) is 3.42. The van der Waals surface area contributed by atoms with Gasteiger partial charge in [-0.3, -0.25) is 14.5 Å². The number of halogens is 1. The van der Waals surface area contributed by atoms with Gasteiger partial charge in [0.2, 0.25) is 10.9 Å². The van der Waals surface area contributed by atoms with Crippen LogP contribution in [-0.4, -0.2) is 22.7 Å².